The van der Waals surface area contributed by atoms with E-state index in [1.54, 1.807) is 12.1 Å². The molecule has 7 aliphatic rings. The lowest BCUT2D eigenvalue weighted by Crippen LogP contribution is -2.52. The average molecular weight is 840 g/mol. The molecule has 4 N–H and O–H groups in total. The number of nitrogen functional groups attached to an aromatic ring is 1. The monoisotopic (exact) mass is 839 g/mol. The molecule has 0 spiro atoms. The molecule has 2 unspecified atom stereocenters. The third kappa shape index (κ3) is 7.08. The lowest BCUT2D eigenvalue weighted by molar-refractivity contribution is -0.134. The van der Waals surface area contributed by atoms with Crippen molar-refractivity contribution in [3.05, 3.63) is 83.2 Å². The minimum atomic E-state index is -0.686. The summed E-state index contributed by atoms with van der Waals surface area (Å²) >= 11 is 0. The Balaban J connectivity index is 0.725. The van der Waals surface area contributed by atoms with Crippen LogP contribution < -0.4 is 20.9 Å². The lowest BCUT2D eigenvalue weighted by Gasteiger charge is -2.41. The maximum atomic E-state index is 14.3. The molecule has 3 saturated heterocycles. The van der Waals surface area contributed by atoms with Gasteiger partial charge in [0.05, 0.1) is 11.4 Å². The van der Waals surface area contributed by atoms with E-state index in [-0.39, 0.29) is 23.3 Å². The molecular weight excluding hydrogens is 782 g/mol. The molecule has 324 valence electrons. The van der Waals surface area contributed by atoms with Crippen LogP contribution in [0.15, 0.2) is 54.7 Å². The molecule has 0 radical (unpaired) electrons. The number of fused-ring (bicyclic) bond motifs is 5. The van der Waals surface area contributed by atoms with Crippen molar-refractivity contribution in [3.63, 3.8) is 0 Å². The van der Waals surface area contributed by atoms with Crippen LogP contribution in [0.25, 0.3) is 11.3 Å². The van der Waals surface area contributed by atoms with Crippen molar-refractivity contribution in [2.75, 3.05) is 48.3 Å². The highest BCUT2D eigenvalue weighted by Gasteiger charge is 2.58. The highest BCUT2D eigenvalue weighted by atomic mass is 19.1. The number of para-hydroxylation sites is 1. The van der Waals surface area contributed by atoms with E-state index in [0.29, 0.717) is 65.5 Å². The number of rotatable bonds is 7. The summed E-state index contributed by atoms with van der Waals surface area (Å²) in [6.07, 6.45) is 16.8. The quantitative estimate of drug-likeness (QED) is 0.165. The van der Waals surface area contributed by atoms with Crippen LogP contribution in [0.3, 0.4) is 0 Å². The molecule has 3 saturated carbocycles. The summed E-state index contributed by atoms with van der Waals surface area (Å²) in [5, 5.41) is 21.5. The van der Waals surface area contributed by atoms with Gasteiger partial charge in [-0.15, -0.1) is 10.2 Å². The summed E-state index contributed by atoms with van der Waals surface area (Å²) in [5.41, 5.74) is 13.3. The Kier molecular flexibility index (Phi) is 10.2. The van der Waals surface area contributed by atoms with Crippen LogP contribution >= 0.6 is 0 Å². The second-order valence-corrected chi connectivity index (χ2v) is 19.6. The number of piperidine rings is 2. The molecule has 2 amide bonds. The molecule has 2 bridgehead atoms. The Morgan fingerprint density at radius 2 is 1.69 bits per heavy atom. The fraction of sp³-hybridized carbons (Fsp3) is 0.551. The Bertz CT molecular complexity index is 2380. The van der Waals surface area contributed by atoms with Gasteiger partial charge in [0.25, 0.3) is 0 Å². The maximum Gasteiger partial charge on any atom is 0.249 e. The zero-order valence-electron chi connectivity index (χ0n) is 35.5. The van der Waals surface area contributed by atoms with Gasteiger partial charge in [-0.2, -0.15) is 0 Å². The first-order valence-corrected chi connectivity index (χ1v) is 23.4. The number of carbonyl (C=O) groups is 2. The summed E-state index contributed by atoms with van der Waals surface area (Å²) in [6.45, 7) is 4.79. The summed E-state index contributed by atoms with van der Waals surface area (Å²) in [6, 6.07) is 15.6. The number of hydrogen-bond donors (Lipinski definition) is 3. The zero-order chi connectivity index (χ0) is 42.1. The number of hydrogen-bond acceptors (Lipinski definition) is 11. The van der Waals surface area contributed by atoms with Crippen LogP contribution in [-0.4, -0.2) is 86.8 Å². The summed E-state index contributed by atoms with van der Waals surface area (Å²) in [4.78, 5) is 42.5. The van der Waals surface area contributed by atoms with Gasteiger partial charge in [-0.05, 0) is 162 Å². The molecule has 6 heterocycles. The van der Waals surface area contributed by atoms with Crippen LogP contribution in [0.5, 0.6) is 5.75 Å². The molecule has 12 nitrogen and oxygen atoms in total. The first kappa shape index (κ1) is 39.7. The van der Waals surface area contributed by atoms with Crippen LogP contribution in [0.2, 0.25) is 0 Å². The van der Waals surface area contributed by atoms with Gasteiger partial charge >= 0.3 is 0 Å². The summed E-state index contributed by atoms with van der Waals surface area (Å²) in [5.74, 6) is 2.59. The number of nitrogens with two attached hydrogens (primary N) is 1. The van der Waals surface area contributed by atoms with Crippen molar-refractivity contribution < 1.29 is 19.1 Å². The molecule has 2 aromatic heterocycles. The Morgan fingerprint density at radius 1 is 0.855 bits per heavy atom. The number of nitrogens with one attached hydrogen (secondary N) is 1. The smallest absolute Gasteiger partial charge is 0.249 e. The number of phenolic OH excluding ortho intramolecular Hbond substituents is 1. The molecule has 2 aromatic carbocycles. The molecular formula is C49H58FN9O3. The summed E-state index contributed by atoms with van der Waals surface area (Å²) < 4.78 is 14.3. The van der Waals surface area contributed by atoms with Crippen LogP contribution in [0, 0.1) is 23.6 Å². The van der Waals surface area contributed by atoms with E-state index < -0.39 is 11.6 Å². The SMILES string of the molecule is Nc1nnc(-c2cccc(F)c2O)cc1N1CC[C@@H]2CCC(c3nccc(C4CCN(C5CCC(c6cccc7c6CCN7[C@H]6CCC(=O)NC6=O)CC5)CC4)n3)(C2)C2C[C@H]2C1. The van der Waals surface area contributed by atoms with Crippen LogP contribution in [0.1, 0.15) is 118 Å². The zero-order valence-corrected chi connectivity index (χ0v) is 35.5. The molecule has 4 aliphatic heterocycles. The fourth-order valence-electron chi connectivity index (χ4n) is 13.0. The molecule has 3 aliphatic carbocycles. The normalized spacial score (nSPS) is 30.3. The van der Waals surface area contributed by atoms with E-state index >= 15 is 0 Å². The van der Waals surface area contributed by atoms with Gasteiger partial charge in [0, 0.05) is 66.6 Å². The third-order valence-electron chi connectivity index (χ3n) is 16.4. The molecule has 6 fully saturated rings. The molecule has 13 heteroatoms. The van der Waals surface area contributed by atoms with E-state index in [9.17, 15) is 19.1 Å². The van der Waals surface area contributed by atoms with E-state index in [2.05, 4.69) is 54.5 Å². The first-order valence-electron chi connectivity index (χ1n) is 23.4. The van der Waals surface area contributed by atoms with Gasteiger partial charge in [-0.1, -0.05) is 18.2 Å². The van der Waals surface area contributed by atoms with Crippen molar-refractivity contribution in [1.82, 2.24) is 30.4 Å². The number of halogens is 1. The van der Waals surface area contributed by atoms with Crippen molar-refractivity contribution in [2.24, 2.45) is 17.8 Å². The lowest BCUT2D eigenvalue weighted by atomic mass is 9.77. The number of carbonyl (C=O) groups excluding carboxylic acids is 2. The Labute approximate surface area is 362 Å². The van der Waals surface area contributed by atoms with E-state index in [0.717, 1.165) is 89.2 Å². The van der Waals surface area contributed by atoms with Gasteiger partial charge in [-0.25, -0.2) is 14.4 Å². The number of phenols is 1. The number of amides is 2. The van der Waals surface area contributed by atoms with Crippen molar-refractivity contribution in [2.45, 2.75) is 119 Å². The van der Waals surface area contributed by atoms with Gasteiger partial charge < -0.3 is 25.5 Å². The third-order valence-corrected chi connectivity index (χ3v) is 16.4. The average Bonchev–Trinajstić information content (AvgIpc) is 3.71. The number of anilines is 3. The number of aromatic hydroxyl groups is 1. The minimum absolute atomic E-state index is 0.00332. The minimum Gasteiger partial charge on any atom is -0.504 e. The largest absolute Gasteiger partial charge is 0.504 e. The Hall–Kier alpha value is -5.17. The molecule has 4 aromatic rings. The molecule has 5 atom stereocenters. The van der Waals surface area contributed by atoms with Crippen molar-refractivity contribution in [3.8, 4) is 17.0 Å². The standard InChI is InChI=1S/C49H58FN9O3/c50-38-5-1-4-36(45(38)61)40-26-43(46(51)56-55-40)58-21-15-29-13-19-49(27-29,37-25-32(37)28-58)48-52-20-14-39(53-48)31-16-22-57(23-17-31)33-9-7-30(8-10-33)34-3-2-6-41-35(34)18-24-59(41)42-11-12-44(60)54-47(42)62/h1-6,14,20,26,29-33,37,42,61H,7-13,15-19,21-25,27-28H2,(H2,51,56)(H,54,60,62)/t29-,30?,32-,33?,37?,42-,49?/m0/s1. The second-order valence-electron chi connectivity index (χ2n) is 19.6. The van der Waals surface area contributed by atoms with E-state index in [1.807, 2.05) is 12.3 Å². The maximum absolute atomic E-state index is 14.3. The van der Waals surface area contributed by atoms with Crippen LogP contribution in [0.4, 0.5) is 21.6 Å². The predicted octanol–water partition coefficient (Wildman–Crippen LogP) is 7.02. The highest BCUT2D eigenvalue weighted by Crippen LogP contribution is 2.61. The Morgan fingerprint density at radius 3 is 2.53 bits per heavy atom. The van der Waals surface area contributed by atoms with E-state index in [4.69, 9.17) is 15.7 Å². The first-order chi connectivity index (χ1) is 30.2. The summed E-state index contributed by atoms with van der Waals surface area (Å²) in [7, 11) is 0. The molecule has 62 heavy (non-hydrogen) atoms. The fourth-order valence-corrected chi connectivity index (χ4v) is 13.0. The highest BCUT2D eigenvalue weighted by molar-refractivity contribution is 6.02. The molecule has 11 rings (SSSR count). The van der Waals surface area contributed by atoms with Gasteiger partial charge in [0.1, 0.15) is 11.9 Å². The van der Waals surface area contributed by atoms with Crippen molar-refractivity contribution >= 4 is 29.0 Å². The predicted molar refractivity (Wildman–Crippen MR) is 235 cm³/mol. The number of imide groups is 1. The topological polar surface area (TPSA) is 154 Å². The number of nitrogens with zero attached hydrogens (tertiary/aromatic N) is 7. The number of aromatic nitrogens is 4. The van der Waals surface area contributed by atoms with Gasteiger partial charge in [0.15, 0.2) is 17.4 Å². The van der Waals surface area contributed by atoms with Gasteiger partial charge in [0.2, 0.25) is 11.8 Å². The van der Waals surface area contributed by atoms with E-state index in [1.165, 1.54) is 60.7 Å². The van der Waals surface area contributed by atoms with Gasteiger partial charge in [-0.3, -0.25) is 14.9 Å². The number of likely N-dealkylation sites (tertiary alicyclic amines) is 1. The van der Waals surface area contributed by atoms with Crippen LogP contribution in [-0.2, 0) is 21.4 Å². The van der Waals surface area contributed by atoms with Crippen molar-refractivity contribution in [1.29, 1.82) is 0 Å². The second kappa shape index (κ2) is 15.9. The number of benzene rings is 2.